The van der Waals surface area contributed by atoms with Gasteiger partial charge in [-0.1, -0.05) is 6.42 Å². The van der Waals surface area contributed by atoms with Crippen LogP contribution in [0.25, 0.3) is 0 Å². The van der Waals surface area contributed by atoms with Crippen LogP contribution in [-0.4, -0.2) is 12.6 Å². The third-order valence-electron chi connectivity index (χ3n) is 3.79. The zero-order chi connectivity index (χ0) is 12.8. The van der Waals surface area contributed by atoms with Crippen molar-refractivity contribution in [2.45, 2.75) is 31.5 Å². The molecule has 1 atom stereocenters. The highest BCUT2D eigenvalue weighted by Gasteiger charge is 2.34. The highest BCUT2D eigenvalue weighted by molar-refractivity contribution is 5.60. The topological polar surface area (TPSA) is 21.3 Å². The number of anilines is 1. The summed E-state index contributed by atoms with van der Waals surface area (Å²) in [5, 5.41) is 3.19. The van der Waals surface area contributed by atoms with Crippen molar-refractivity contribution in [3.8, 4) is 5.75 Å². The van der Waals surface area contributed by atoms with E-state index in [0.29, 0.717) is 24.0 Å². The maximum absolute atomic E-state index is 12.6. The van der Waals surface area contributed by atoms with Crippen molar-refractivity contribution in [1.82, 2.24) is 0 Å². The standard InChI is InChI=1S/C13H14F3NO/c14-13(15,16)9-4-5-12-10(6-9)17-11(7-18-12)8-2-1-3-8/h4-6,8,11,17H,1-3,7H2. The molecule has 1 heterocycles. The lowest BCUT2D eigenvalue weighted by molar-refractivity contribution is -0.137. The Morgan fingerprint density at radius 1 is 1.22 bits per heavy atom. The molecule has 0 spiro atoms. The third kappa shape index (κ3) is 2.02. The third-order valence-corrected chi connectivity index (χ3v) is 3.79. The fraction of sp³-hybridized carbons (Fsp3) is 0.538. The maximum atomic E-state index is 12.6. The number of hydrogen-bond acceptors (Lipinski definition) is 2. The Balaban J connectivity index is 1.84. The van der Waals surface area contributed by atoms with Crippen molar-refractivity contribution >= 4 is 5.69 Å². The lowest BCUT2D eigenvalue weighted by Crippen LogP contribution is -2.41. The van der Waals surface area contributed by atoms with Gasteiger partial charge in [-0.3, -0.25) is 0 Å². The first-order valence-corrected chi connectivity index (χ1v) is 6.14. The minimum Gasteiger partial charge on any atom is -0.489 e. The molecule has 1 fully saturated rings. The molecule has 1 aromatic rings. The molecule has 2 nitrogen and oxygen atoms in total. The van der Waals surface area contributed by atoms with Crippen LogP contribution in [-0.2, 0) is 6.18 Å². The minimum atomic E-state index is -4.31. The summed E-state index contributed by atoms with van der Waals surface area (Å²) in [4.78, 5) is 0. The van der Waals surface area contributed by atoms with Crippen LogP contribution in [0.5, 0.6) is 5.75 Å². The van der Waals surface area contributed by atoms with Crippen molar-refractivity contribution in [3.05, 3.63) is 23.8 Å². The fourth-order valence-electron chi connectivity index (χ4n) is 2.46. The molecule has 0 saturated heterocycles. The Labute approximate surface area is 103 Å². The zero-order valence-corrected chi connectivity index (χ0v) is 9.76. The van der Waals surface area contributed by atoms with Crippen LogP contribution in [0.1, 0.15) is 24.8 Å². The predicted octanol–water partition coefficient (Wildman–Crippen LogP) is 3.68. The van der Waals surface area contributed by atoms with Gasteiger partial charge in [0.05, 0.1) is 17.3 Å². The van der Waals surface area contributed by atoms with Gasteiger partial charge in [0.25, 0.3) is 0 Å². The first kappa shape index (κ1) is 11.7. The molecule has 0 amide bonds. The van der Waals surface area contributed by atoms with E-state index in [1.807, 2.05) is 0 Å². The number of fused-ring (bicyclic) bond motifs is 1. The predicted molar refractivity (Wildman–Crippen MR) is 61.7 cm³/mol. The van der Waals surface area contributed by atoms with Crippen LogP contribution in [0.2, 0.25) is 0 Å². The average molecular weight is 257 g/mol. The van der Waals surface area contributed by atoms with Gasteiger partial charge >= 0.3 is 6.18 Å². The Kier molecular flexibility index (Phi) is 2.64. The van der Waals surface area contributed by atoms with Gasteiger partial charge in [-0.25, -0.2) is 0 Å². The second kappa shape index (κ2) is 4.07. The van der Waals surface area contributed by atoms with E-state index in [0.717, 1.165) is 25.0 Å². The monoisotopic (exact) mass is 257 g/mol. The van der Waals surface area contributed by atoms with Crippen LogP contribution in [0.15, 0.2) is 18.2 Å². The molecule has 0 bridgehead atoms. The molecule has 98 valence electrons. The molecular formula is C13H14F3NO. The molecule has 1 saturated carbocycles. The van der Waals surface area contributed by atoms with Crippen LogP contribution in [0.4, 0.5) is 18.9 Å². The lowest BCUT2D eigenvalue weighted by Gasteiger charge is -2.38. The van der Waals surface area contributed by atoms with Gasteiger partial charge in [-0.05, 0) is 37.0 Å². The van der Waals surface area contributed by atoms with Gasteiger partial charge in [0.1, 0.15) is 12.4 Å². The van der Waals surface area contributed by atoms with E-state index in [1.165, 1.54) is 12.5 Å². The number of ether oxygens (including phenoxy) is 1. The quantitative estimate of drug-likeness (QED) is 0.828. The number of halogens is 3. The molecular weight excluding hydrogens is 243 g/mol. The molecule has 2 aliphatic rings. The first-order chi connectivity index (χ1) is 8.54. The SMILES string of the molecule is FC(F)(F)c1ccc2c(c1)NC(C1CCC1)CO2. The van der Waals surface area contributed by atoms with Gasteiger partial charge in [0.15, 0.2) is 0 Å². The van der Waals surface area contributed by atoms with Crippen molar-refractivity contribution in [1.29, 1.82) is 0 Å². The lowest BCUT2D eigenvalue weighted by atomic mass is 9.79. The van der Waals surface area contributed by atoms with Gasteiger partial charge in [0.2, 0.25) is 0 Å². The van der Waals surface area contributed by atoms with E-state index in [-0.39, 0.29) is 6.04 Å². The van der Waals surface area contributed by atoms with Crippen molar-refractivity contribution in [2.75, 3.05) is 11.9 Å². The second-order valence-electron chi connectivity index (χ2n) is 4.96. The number of alkyl halides is 3. The molecule has 1 aliphatic heterocycles. The first-order valence-electron chi connectivity index (χ1n) is 6.14. The molecule has 1 N–H and O–H groups in total. The van der Waals surface area contributed by atoms with Gasteiger partial charge in [-0.2, -0.15) is 13.2 Å². The van der Waals surface area contributed by atoms with Crippen LogP contribution in [0, 0.1) is 5.92 Å². The minimum absolute atomic E-state index is 0.148. The summed E-state index contributed by atoms with van der Waals surface area (Å²) in [6.45, 7) is 0.545. The Morgan fingerprint density at radius 3 is 2.61 bits per heavy atom. The van der Waals surface area contributed by atoms with Crippen LogP contribution >= 0.6 is 0 Å². The zero-order valence-electron chi connectivity index (χ0n) is 9.76. The Hall–Kier alpha value is -1.39. The largest absolute Gasteiger partial charge is 0.489 e. The average Bonchev–Trinajstić information content (AvgIpc) is 2.24. The van der Waals surface area contributed by atoms with Gasteiger partial charge in [0, 0.05) is 0 Å². The number of benzene rings is 1. The molecule has 1 unspecified atom stereocenters. The molecule has 1 aromatic carbocycles. The van der Waals surface area contributed by atoms with Crippen molar-refractivity contribution in [2.24, 2.45) is 5.92 Å². The summed E-state index contributed by atoms with van der Waals surface area (Å²) in [7, 11) is 0. The van der Waals surface area contributed by atoms with E-state index >= 15 is 0 Å². The Morgan fingerprint density at radius 2 is 2.00 bits per heavy atom. The van der Waals surface area contributed by atoms with E-state index in [1.54, 1.807) is 0 Å². The molecule has 3 rings (SSSR count). The van der Waals surface area contributed by atoms with Crippen molar-refractivity contribution in [3.63, 3.8) is 0 Å². The van der Waals surface area contributed by atoms with E-state index in [9.17, 15) is 13.2 Å². The molecule has 5 heteroatoms. The number of rotatable bonds is 1. The van der Waals surface area contributed by atoms with E-state index in [2.05, 4.69) is 5.32 Å². The number of hydrogen-bond donors (Lipinski definition) is 1. The van der Waals surface area contributed by atoms with E-state index < -0.39 is 11.7 Å². The summed E-state index contributed by atoms with van der Waals surface area (Å²) < 4.78 is 43.4. The molecule has 0 radical (unpaired) electrons. The van der Waals surface area contributed by atoms with Crippen LogP contribution < -0.4 is 10.1 Å². The highest BCUT2D eigenvalue weighted by atomic mass is 19.4. The van der Waals surface area contributed by atoms with Gasteiger partial charge in [-0.15, -0.1) is 0 Å². The second-order valence-corrected chi connectivity index (χ2v) is 4.96. The fourth-order valence-corrected chi connectivity index (χ4v) is 2.46. The summed E-state index contributed by atoms with van der Waals surface area (Å²) in [6, 6.07) is 3.74. The van der Waals surface area contributed by atoms with Gasteiger partial charge < -0.3 is 10.1 Å². The summed E-state index contributed by atoms with van der Waals surface area (Å²) in [5.41, 5.74) is -0.167. The van der Waals surface area contributed by atoms with E-state index in [4.69, 9.17) is 4.74 Å². The number of nitrogens with one attached hydrogen (secondary N) is 1. The molecule has 1 aliphatic carbocycles. The van der Waals surface area contributed by atoms with Crippen LogP contribution in [0.3, 0.4) is 0 Å². The smallest absolute Gasteiger partial charge is 0.416 e. The van der Waals surface area contributed by atoms with Crippen molar-refractivity contribution < 1.29 is 17.9 Å². The summed E-state index contributed by atoms with van der Waals surface area (Å²) in [5.74, 6) is 1.05. The summed E-state index contributed by atoms with van der Waals surface area (Å²) >= 11 is 0. The normalized spacial score (nSPS) is 23.6. The molecule has 18 heavy (non-hydrogen) atoms. The Bertz CT molecular complexity index is 454. The maximum Gasteiger partial charge on any atom is 0.416 e. The molecule has 0 aromatic heterocycles. The highest BCUT2D eigenvalue weighted by Crippen LogP contribution is 2.39. The summed E-state index contributed by atoms with van der Waals surface area (Å²) in [6.07, 6.45) is -0.830.